The highest BCUT2D eigenvalue weighted by atomic mass is 35.5. The number of carbonyl (C=O) groups is 1. The molecule has 1 N–H and O–H groups in total. The van der Waals surface area contributed by atoms with E-state index in [9.17, 15) is 17.6 Å². The summed E-state index contributed by atoms with van der Waals surface area (Å²) in [6.45, 7) is 3.37. The summed E-state index contributed by atoms with van der Waals surface area (Å²) in [4.78, 5) is 13.0. The van der Waals surface area contributed by atoms with Gasteiger partial charge in [0.15, 0.2) is 0 Å². The Hall–Kier alpha value is -1.83. The first kappa shape index (κ1) is 24.8. The van der Waals surface area contributed by atoms with Crippen LogP contribution in [0.15, 0.2) is 47.4 Å². The summed E-state index contributed by atoms with van der Waals surface area (Å²) >= 11 is 11.9. The molecule has 1 amide bonds. The Balaban J connectivity index is 1.97. The quantitative estimate of drug-likeness (QED) is 0.522. The molecule has 32 heavy (non-hydrogen) atoms. The maximum absolute atomic E-state index is 14.8. The predicted molar refractivity (Wildman–Crippen MR) is 126 cm³/mol. The van der Waals surface area contributed by atoms with E-state index in [2.05, 4.69) is 5.32 Å². The van der Waals surface area contributed by atoms with Crippen LogP contribution in [0.4, 0.5) is 10.1 Å². The largest absolute Gasteiger partial charge is 0.352 e. The summed E-state index contributed by atoms with van der Waals surface area (Å²) in [7, 11) is -4.30. The van der Waals surface area contributed by atoms with Crippen LogP contribution < -0.4 is 9.62 Å². The first-order valence-corrected chi connectivity index (χ1v) is 12.9. The normalized spacial score (nSPS) is 16.9. The lowest BCUT2D eigenvalue weighted by Crippen LogP contribution is -2.51. The number of hydrogen-bond acceptors (Lipinski definition) is 3. The fourth-order valence-corrected chi connectivity index (χ4v) is 6.03. The van der Waals surface area contributed by atoms with E-state index in [-0.39, 0.29) is 21.6 Å². The van der Waals surface area contributed by atoms with E-state index >= 15 is 0 Å². The van der Waals surface area contributed by atoms with Crippen LogP contribution in [-0.2, 0) is 14.8 Å². The second-order valence-electron chi connectivity index (χ2n) is 8.22. The van der Waals surface area contributed by atoms with E-state index < -0.39 is 27.8 Å². The highest BCUT2D eigenvalue weighted by Crippen LogP contribution is 2.32. The topological polar surface area (TPSA) is 66.5 Å². The molecule has 5 nitrogen and oxygen atoms in total. The van der Waals surface area contributed by atoms with Gasteiger partial charge in [-0.2, -0.15) is 0 Å². The number of sulfonamides is 1. The van der Waals surface area contributed by atoms with Gasteiger partial charge in [-0.1, -0.05) is 42.5 Å². The van der Waals surface area contributed by atoms with Crippen LogP contribution in [0.2, 0.25) is 10.0 Å². The number of anilines is 1. The lowest BCUT2D eigenvalue weighted by atomic mass is 9.84. The van der Waals surface area contributed by atoms with Gasteiger partial charge in [-0.3, -0.25) is 9.10 Å². The van der Waals surface area contributed by atoms with Crippen molar-refractivity contribution < 1.29 is 17.6 Å². The van der Waals surface area contributed by atoms with Gasteiger partial charge in [-0.25, -0.2) is 12.8 Å². The summed E-state index contributed by atoms with van der Waals surface area (Å²) in [6.07, 6.45) is 5.46. The zero-order valence-corrected chi connectivity index (χ0v) is 20.4. The summed E-state index contributed by atoms with van der Waals surface area (Å²) in [5.74, 6) is -0.962. The molecule has 174 valence electrons. The highest BCUT2D eigenvalue weighted by molar-refractivity contribution is 7.93. The molecule has 0 saturated heterocycles. The molecule has 2 aromatic carbocycles. The number of amides is 1. The third kappa shape index (κ3) is 5.56. The molecule has 0 heterocycles. The molecular formula is C23H27Cl2FN2O3S. The first-order valence-electron chi connectivity index (χ1n) is 10.7. The van der Waals surface area contributed by atoms with Crippen molar-refractivity contribution in [1.29, 1.82) is 0 Å². The van der Waals surface area contributed by atoms with E-state index in [1.165, 1.54) is 49.7 Å². The molecule has 1 fully saturated rings. The van der Waals surface area contributed by atoms with Crippen molar-refractivity contribution in [3.05, 3.63) is 58.3 Å². The van der Waals surface area contributed by atoms with Crippen molar-refractivity contribution in [2.24, 2.45) is 5.92 Å². The Morgan fingerprint density at radius 2 is 1.62 bits per heavy atom. The Labute approximate surface area is 199 Å². The van der Waals surface area contributed by atoms with Crippen molar-refractivity contribution in [2.45, 2.75) is 62.9 Å². The zero-order valence-electron chi connectivity index (χ0n) is 18.0. The SMILES string of the molecule is CC(NC(=O)[C@@H](C)N(c1cc(Cl)ccc1F)S(=O)(=O)c1ccc(Cl)cc1)C1CCCCC1. The summed E-state index contributed by atoms with van der Waals surface area (Å²) in [5, 5.41) is 3.46. The second kappa shape index (κ2) is 10.4. The molecule has 1 aliphatic rings. The van der Waals surface area contributed by atoms with Gasteiger partial charge in [0, 0.05) is 16.1 Å². The standard InChI is InChI=1S/C23H27Cl2FN2O3S/c1-15(17-6-4-3-5-7-17)27-23(29)16(2)28(22-14-19(25)10-13-21(22)26)32(30,31)20-11-8-18(24)9-12-20/h8-17H,3-7H2,1-2H3,(H,27,29)/t15?,16-/m1/s1. The predicted octanol–water partition coefficient (Wildman–Crippen LogP) is 5.80. The van der Waals surface area contributed by atoms with Gasteiger partial charge >= 0.3 is 0 Å². The van der Waals surface area contributed by atoms with E-state index in [0.29, 0.717) is 10.9 Å². The van der Waals surface area contributed by atoms with Crippen LogP contribution in [0.5, 0.6) is 0 Å². The number of carbonyl (C=O) groups excluding carboxylic acids is 1. The van der Waals surface area contributed by atoms with Gasteiger partial charge in [0.05, 0.1) is 10.6 Å². The van der Waals surface area contributed by atoms with Crippen LogP contribution in [0.25, 0.3) is 0 Å². The number of nitrogens with zero attached hydrogens (tertiary/aromatic N) is 1. The molecule has 2 atom stereocenters. The van der Waals surface area contributed by atoms with Crippen molar-refractivity contribution >= 4 is 44.8 Å². The third-order valence-electron chi connectivity index (χ3n) is 5.97. The van der Waals surface area contributed by atoms with Crippen molar-refractivity contribution in [2.75, 3.05) is 4.31 Å². The number of halogens is 3. The minimum absolute atomic E-state index is 0.110. The maximum Gasteiger partial charge on any atom is 0.265 e. The molecule has 2 aromatic rings. The van der Waals surface area contributed by atoms with Crippen molar-refractivity contribution in [3.63, 3.8) is 0 Å². The molecule has 1 unspecified atom stereocenters. The Kier molecular flexibility index (Phi) is 8.06. The Morgan fingerprint density at radius 3 is 2.25 bits per heavy atom. The summed E-state index contributed by atoms with van der Waals surface area (Å²) in [6, 6.07) is 7.78. The Morgan fingerprint density at radius 1 is 1.03 bits per heavy atom. The summed E-state index contributed by atoms with van der Waals surface area (Å²) in [5.41, 5.74) is -0.291. The third-order valence-corrected chi connectivity index (χ3v) is 8.36. The molecule has 0 aromatic heterocycles. The van der Waals surface area contributed by atoms with Gasteiger partial charge < -0.3 is 5.32 Å². The number of benzene rings is 2. The average Bonchev–Trinajstić information content (AvgIpc) is 2.77. The molecule has 0 bridgehead atoms. The highest BCUT2D eigenvalue weighted by Gasteiger charge is 2.36. The molecule has 9 heteroatoms. The van der Waals surface area contributed by atoms with Crippen LogP contribution in [-0.4, -0.2) is 26.4 Å². The molecule has 3 rings (SSSR count). The Bertz CT molecular complexity index is 1060. The van der Waals surface area contributed by atoms with Gasteiger partial charge in [0.2, 0.25) is 5.91 Å². The van der Waals surface area contributed by atoms with Gasteiger partial charge in [-0.15, -0.1) is 0 Å². The van der Waals surface area contributed by atoms with E-state index in [1.807, 2.05) is 6.92 Å². The van der Waals surface area contributed by atoms with Crippen LogP contribution in [0.1, 0.15) is 46.0 Å². The summed E-state index contributed by atoms with van der Waals surface area (Å²) < 4.78 is 42.6. The van der Waals surface area contributed by atoms with E-state index in [0.717, 1.165) is 36.1 Å². The van der Waals surface area contributed by atoms with Gasteiger partial charge in [0.25, 0.3) is 10.0 Å². The second-order valence-corrected chi connectivity index (χ2v) is 10.9. The van der Waals surface area contributed by atoms with Crippen LogP contribution in [0, 0.1) is 11.7 Å². The minimum atomic E-state index is -4.30. The van der Waals surface area contributed by atoms with Crippen LogP contribution >= 0.6 is 23.2 Å². The van der Waals surface area contributed by atoms with Gasteiger partial charge in [0.1, 0.15) is 11.9 Å². The average molecular weight is 501 g/mol. The fraction of sp³-hybridized carbons (Fsp3) is 0.435. The molecule has 0 aliphatic heterocycles. The molecular weight excluding hydrogens is 474 g/mol. The monoisotopic (exact) mass is 500 g/mol. The number of nitrogens with one attached hydrogen (secondary N) is 1. The molecule has 0 radical (unpaired) electrons. The maximum atomic E-state index is 14.8. The molecule has 1 aliphatic carbocycles. The molecule has 0 spiro atoms. The lowest BCUT2D eigenvalue weighted by Gasteiger charge is -2.33. The minimum Gasteiger partial charge on any atom is -0.352 e. The zero-order chi connectivity index (χ0) is 23.5. The number of rotatable bonds is 7. The van der Waals surface area contributed by atoms with Crippen molar-refractivity contribution in [1.82, 2.24) is 5.32 Å². The first-order chi connectivity index (χ1) is 15.1. The van der Waals surface area contributed by atoms with E-state index in [4.69, 9.17) is 23.2 Å². The number of hydrogen-bond donors (Lipinski definition) is 1. The van der Waals surface area contributed by atoms with Gasteiger partial charge in [-0.05, 0) is 75.1 Å². The van der Waals surface area contributed by atoms with E-state index in [1.54, 1.807) is 0 Å². The lowest BCUT2D eigenvalue weighted by molar-refractivity contribution is -0.122. The van der Waals surface area contributed by atoms with Crippen molar-refractivity contribution in [3.8, 4) is 0 Å². The van der Waals surface area contributed by atoms with Crippen LogP contribution in [0.3, 0.4) is 0 Å². The fourth-order valence-electron chi connectivity index (χ4n) is 4.12. The molecule has 1 saturated carbocycles. The smallest absolute Gasteiger partial charge is 0.265 e.